The summed E-state index contributed by atoms with van der Waals surface area (Å²) >= 11 is 0. The number of benzene rings is 1. The van der Waals surface area contributed by atoms with Crippen LogP contribution in [-0.2, 0) is 6.54 Å². The predicted molar refractivity (Wildman–Crippen MR) is 70.1 cm³/mol. The topological polar surface area (TPSA) is 26.7 Å². The number of hydrogen-bond acceptors (Lipinski definition) is 3. The van der Waals surface area contributed by atoms with Crippen LogP contribution in [0.1, 0.15) is 18.4 Å². The van der Waals surface area contributed by atoms with Gasteiger partial charge < -0.3 is 10.0 Å². The van der Waals surface area contributed by atoms with Gasteiger partial charge in [0.25, 0.3) is 0 Å². The highest BCUT2D eigenvalue weighted by atomic mass is 19.1. The molecule has 3 nitrogen and oxygen atoms in total. The van der Waals surface area contributed by atoms with Crippen LogP contribution in [0, 0.1) is 5.82 Å². The van der Waals surface area contributed by atoms with Crippen LogP contribution in [0.15, 0.2) is 18.2 Å². The van der Waals surface area contributed by atoms with E-state index in [4.69, 9.17) is 0 Å². The molecule has 0 amide bonds. The van der Waals surface area contributed by atoms with Crippen molar-refractivity contribution in [2.24, 2.45) is 0 Å². The summed E-state index contributed by atoms with van der Waals surface area (Å²) in [4.78, 5) is 4.51. The third-order valence-corrected chi connectivity index (χ3v) is 3.71. The zero-order chi connectivity index (χ0) is 13.1. The summed E-state index contributed by atoms with van der Waals surface area (Å²) in [6.45, 7) is 2.77. The fraction of sp³-hybridized carbons (Fsp3) is 0.571. The second kappa shape index (κ2) is 5.67. The van der Waals surface area contributed by atoms with Crippen LogP contribution >= 0.6 is 0 Å². The number of halogens is 1. The molecule has 1 atom stereocenters. The molecule has 0 spiro atoms. The van der Waals surface area contributed by atoms with Crippen LogP contribution in [0.25, 0.3) is 0 Å². The third kappa shape index (κ3) is 3.00. The fourth-order valence-electron chi connectivity index (χ4n) is 2.58. The summed E-state index contributed by atoms with van der Waals surface area (Å²) in [6.07, 6.45) is 2.36. The van der Waals surface area contributed by atoms with Crippen molar-refractivity contribution in [3.8, 4) is 5.75 Å². The molecule has 0 bridgehead atoms. The van der Waals surface area contributed by atoms with E-state index in [0.29, 0.717) is 18.2 Å². The lowest BCUT2D eigenvalue weighted by Crippen LogP contribution is -2.44. The lowest BCUT2D eigenvalue weighted by atomic mass is 10.0. The second-order valence-corrected chi connectivity index (χ2v) is 5.22. The Morgan fingerprint density at radius 1 is 1.50 bits per heavy atom. The second-order valence-electron chi connectivity index (χ2n) is 5.22. The Kier molecular flexibility index (Phi) is 4.19. The van der Waals surface area contributed by atoms with E-state index in [1.807, 2.05) is 7.05 Å². The first kappa shape index (κ1) is 13.3. The van der Waals surface area contributed by atoms with Crippen LogP contribution in [-0.4, -0.2) is 48.1 Å². The van der Waals surface area contributed by atoms with Crippen molar-refractivity contribution in [3.05, 3.63) is 29.6 Å². The summed E-state index contributed by atoms with van der Waals surface area (Å²) in [5.74, 6) is -0.754. The molecule has 1 saturated heterocycles. The van der Waals surface area contributed by atoms with E-state index in [1.165, 1.54) is 12.5 Å². The maximum absolute atomic E-state index is 13.3. The molecule has 1 aromatic rings. The monoisotopic (exact) mass is 252 g/mol. The number of likely N-dealkylation sites (tertiary alicyclic amines) is 1. The first-order valence-electron chi connectivity index (χ1n) is 6.43. The maximum atomic E-state index is 13.3. The number of para-hydroxylation sites is 1. The van der Waals surface area contributed by atoms with Crippen molar-refractivity contribution < 1.29 is 9.50 Å². The van der Waals surface area contributed by atoms with E-state index in [1.54, 1.807) is 12.1 Å². The van der Waals surface area contributed by atoms with Gasteiger partial charge in [-0.1, -0.05) is 12.1 Å². The van der Waals surface area contributed by atoms with Crippen LogP contribution < -0.4 is 0 Å². The number of aromatic hydroxyl groups is 1. The van der Waals surface area contributed by atoms with Gasteiger partial charge in [-0.2, -0.15) is 0 Å². The molecule has 1 N–H and O–H groups in total. The van der Waals surface area contributed by atoms with Gasteiger partial charge in [0.2, 0.25) is 0 Å². The van der Waals surface area contributed by atoms with Crippen LogP contribution in [0.2, 0.25) is 0 Å². The van der Waals surface area contributed by atoms with E-state index in [9.17, 15) is 9.50 Å². The van der Waals surface area contributed by atoms with Crippen molar-refractivity contribution in [3.63, 3.8) is 0 Å². The molecule has 1 aromatic carbocycles. The van der Waals surface area contributed by atoms with Gasteiger partial charge in [-0.25, -0.2) is 4.39 Å². The molecule has 0 aromatic heterocycles. The molecule has 0 saturated carbocycles. The molecular formula is C14H21FN2O. The Balaban J connectivity index is 2.02. The Bertz CT molecular complexity index is 411. The number of hydrogen-bond donors (Lipinski definition) is 1. The zero-order valence-electron chi connectivity index (χ0n) is 11.1. The van der Waals surface area contributed by atoms with Gasteiger partial charge in [-0.05, 0) is 39.5 Å². The Morgan fingerprint density at radius 3 is 3.00 bits per heavy atom. The van der Waals surface area contributed by atoms with E-state index in [0.717, 1.165) is 19.5 Å². The quantitative estimate of drug-likeness (QED) is 0.892. The number of phenolic OH excluding ortho intramolecular Hbond substituents is 1. The number of nitrogens with zero attached hydrogens (tertiary/aromatic N) is 2. The normalized spacial score (nSPS) is 21.4. The minimum Gasteiger partial charge on any atom is -0.505 e. The van der Waals surface area contributed by atoms with E-state index < -0.39 is 5.82 Å². The van der Waals surface area contributed by atoms with Crippen molar-refractivity contribution in [2.45, 2.75) is 25.4 Å². The van der Waals surface area contributed by atoms with Crippen molar-refractivity contribution in [2.75, 3.05) is 27.2 Å². The standard InChI is InChI=1S/C14H21FN2O/c1-16-8-4-6-12(10-16)17(2)9-11-5-3-7-13(15)14(11)18/h3,5,7,12,18H,4,6,8-10H2,1-2H3. The lowest BCUT2D eigenvalue weighted by Gasteiger charge is -2.36. The van der Waals surface area contributed by atoms with Crippen LogP contribution in [0.3, 0.4) is 0 Å². The van der Waals surface area contributed by atoms with Gasteiger partial charge >= 0.3 is 0 Å². The average Bonchev–Trinajstić information content (AvgIpc) is 2.35. The molecule has 4 heteroatoms. The van der Waals surface area contributed by atoms with Gasteiger partial charge in [0.05, 0.1) is 0 Å². The maximum Gasteiger partial charge on any atom is 0.165 e. The molecular weight excluding hydrogens is 231 g/mol. The summed E-state index contributed by atoms with van der Waals surface area (Å²) in [5, 5.41) is 9.68. The summed E-state index contributed by atoms with van der Waals surface area (Å²) in [5.41, 5.74) is 0.658. The molecule has 0 radical (unpaired) electrons. The minimum atomic E-state index is -0.540. The minimum absolute atomic E-state index is 0.214. The highest BCUT2D eigenvalue weighted by molar-refractivity contribution is 5.33. The molecule has 2 rings (SSSR count). The highest BCUT2D eigenvalue weighted by Gasteiger charge is 2.21. The number of phenols is 1. The molecule has 1 heterocycles. The van der Waals surface area contributed by atoms with Crippen LogP contribution in [0.5, 0.6) is 5.75 Å². The first-order valence-corrected chi connectivity index (χ1v) is 6.43. The van der Waals surface area contributed by atoms with Gasteiger partial charge in [0.1, 0.15) is 0 Å². The Labute approximate surface area is 108 Å². The molecule has 100 valence electrons. The Morgan fingerprint density at radius 2 is 2.28 bits per heavy atom. The third-order valence-electron chi connectivity index (χ3n) is 3.71. The largest absolute Gasteiger partial charge is 0.505 e. The fourth-order valence-corrected chi connectivity index (χ4v) is 2.58. The first-order chi connectivity index (χ1) is 8.58. The summed E-state index contributed by atoms with van der Waals surface area (Å²) < 4.78 is 13.3. The number of rotatable bonds is 3. The summed E-state index contributed by atoms with van der Waals surface area (Å²) in [7, 11) is 4.16. The molecule has 1 aliphatic heterocycles. The molecule has 1 fully saturated rings. The molecule has 0 aliphatic carbocycles. The van der Waals surface area contributed by atoms with E-state index in [2.05, 4.69) is 16.8 Å². The van der Waals surface area contributed by atoms with E-state index >= 15 is 0 Å². The SMILES string of the molecule is CN1CCCC(N(C)Cc2cccc(F)c2O)C1. The Hall–Kier alpha value is -1.13. The van der Waals surface area contributed by atoms with Crippen LogP contribution in [0.4, 0.5) is 4.39 Å². The molecule has 1 aliphatic rings. The average molecular weight is 252 g/mol. The smallest absolute Gasteiger partial charge is 0.165 e. The van der Waals surface area contributed by atoms with Gasteiger partial charge in [0.15, 0.2) is 11.6 Å². The lowest BCUT2D eigenvalue weighted by molar-refractivity contribution is 0.128. The van der Waals surface area contributed by atoms with Crippen molar-refractivity contribution >= 4 is 0 Å². The van der Waals surface area contributed by atoms with Gasteiger partial charge in [-0.15, -0.1) is 0 Å². The van der Waals surface area contributed by atoms with Gasteiger partial charge in [-0.3, -0.25) is 4.90 Å². The van der Waals surface area contributed by atoms with Gasteiger partial charge in [0, 0.05) is 24.7 Å². The number of likely N-dealkylation sites (N-methyl/N-ethyl adjacent to an activating group) is 2. The zero-order valence-corrected chi connectivity index (χ0v) is 11.1. The number of piperidine rings is 1. The van der Waals surface area contributed by atoms with Crippen molar-refractivity contribution in [1.82, 2.24) is 9.80 Å². The van der Waals surface area contributed by atoms with Crippen molar-refractivity contribution in [1.29, 1.82) is 0 Å². The predicted octanol–water partition coefficient (Wildman–Crippen LogP) is 2.06. The highest BCUT2D eigenvalue weighted by Crippen LogP contribution is 2.23. The van der Waals surface area contributed by atoms with E-state index in [-0.39, 0.29) is 5.75 Å². The molecule has 1 unspecified atom stereocenters. The molecule has 18 heavy (non-hydrogen) atoms. The summed E-state index contributed by atoms with van der Waals surface area (Å²) in [6, 6.07) is 5.19.